The Morgan fingerprint density at radius 1 is 1.09 bits per heavy atom. The molecule has 0 bridgehead atoms. The van der Waals surface area contributed by atoms with Crippen molar-refractivity contribution in [3.63, 3.8) is 0 Å². The van der Waals surface area contributed by atoms with E-state index in [1.807, 2.05) is 42.5 Å². The van der Waals surface area contributed by atoms with Gasteiger partial charge in [0.05, 0.1) is 23.2 Å². The molecule has 3 rings (SSSR count). The molecule has 0 N–H and O–H groups in total. The molecule has 0 aliphatic heterocycles. The fourth-order valence-corrected chi connectivity index (χ4v) is 3.01. The van der Waals surface area contributed by atoms with E-state index in [1.165, 1.54) is 7.11 Å². The topological polar surface area (TPSA) is 39.2 Å². The maximum Gasteiger partial charge on any atom is 0.337 e. The molecule has 0 amide bonds. The van der Waals surface area contributed by atoms with Crippen molar-refractivity contribution in [3.8, 4) is 0 Å². The van der Waals surface area contributed by atoms with Gasteiger partial charge in [-0.3, -0.25) is 0 Å². The summed E-state index contributed by atoms with van der Waals surface area (Å²) < 4.78 is 4.74. The maximum absolute atomic E-state index is 11.5. The Kier molecular flexibility index (Phi) is 4.39. The Morgan fingerprint density at radius 2 is 1.95 bits per heavy atom. The number of nitrogens with zero attached hydrogens (tertiary/aromatic N) is 1. The summed E-state index contributed by atoms with van der Waals surface area (Å²) in [6, 6.07) is 19.7. The van der Waals surface area contributed by atoms with E-state index in [9.17, 15) is 4.79 Å². The third-order valence-electron chi connectivity index (χ3n) is 3.31. The van der Waals surface area contributed by atoms with Crippen LogP contribution < -0.4 is 0 Å². The normalized spacial score (nSPS) is 10.6. The molecule has 0 atom stereocenters. The summed E-state index contributed by atoms with van der Waals surface area (Å²) >= 11 is 1.65. The van der Waals surface area contributed by atoms with Crippen LogP contribution in [-0.4, -0.2) is 18.1 Å². The predicted molar refractivity (Wildman–Crippen MR) is 89.1 cm³/mol. The fourth-order valence-electron chi connectivity index (χ4n) is 2.19. The monoisotopic (exact) mass is 309 g/mol. The summed E-state index contributed by atoms with van der Waals surface area (Å²) in [5, 5.41) is 2.11. The van der Waals surface area contributed by atoms with Crippen LogP contribution >= 0.6 is 11.8 Å². The van der Waals surface area contributed by atoms with E-state index in [-0.39, 0.29) is 5.97 Å². The predicted octanol–water partition coefficient (Wildman–Crippen LogP) is 4.31. The van der Waals surface area contributed by atoms with E-state index < -0.39 is 0 Å². The Morgan fingerprint density at radius 3 is 2.82 bits per heavy atom. The van der Waals surface area contributed by atoms with Crippen molar-refractivity contribution in [2.45, 2.75) is 10.8 Å². The molecule has 3 aromatic rings. The summed E-state index contributed by atoms with van der Waals surface area (Å²) in [5.74, 6) is 0.451. The van der Waals surface area contributed by atoms with E-state index in [4.69, 9.17) is 4.74 Å². The molecule has 0 aliphatic carbocycles. The van der Waals surface area contributed by atoms with Crippen molar-refractivity contribution in [3.05, 3.63) is 71.8 Å². The number of methoxy groups -OCH3 is 1. The molecule has 0 aliphatic rings. The van der Waals surface area contributed by atoms with Crippen molar-refractivity contribution in [2.75, 3.05) is 7.11 Å². The van der Waals surface area contributed by atoms with Crippen LogP contribution in [0.3, 0.4) is 0 Å². The molecule has 1 aromatic heterocycles. The Hall–Kier alpha value is -2.33. The van der Waals surface area contributed by atoms with Gasteiger partial charge in [-0.15, -0.1) is 11.8 Å². The zero-order valence-electron chi connectivity index (χ0n) is 12.2. The first-order valence-corrected chi connectivity index (χ1v) is 7.91. The molecule has 0 saturated carbocycles. The van der Waals surface area contributed by atoms with Gasteiger partial charge in [0.25, 0.3) is 0 Å². The molecule has 1 heterocycles. The number of carbonyl (C=O) groups excluding carboxylic acids is 1. The first kappa shape index (κ1) is 14.6. The van der Waals surface area contributed by atoms with Gasteiger partial charge in [0, 0.05) is 11.1 Å². The minimum absolute atomic E-state index is 0.310. The number of fused-ring (bicyclic) bond motifs is 1. The van der Waals surface area contributed by atoms with Crippen molar-refractivity contribution < 1.29 is 9.53 Å². The molecular formula is C18H15NO2S. The Labute approximate surface area is 133 Å². The highest BCUT2D eigenvalue weighted by atomic mass is 32.2. The number of hydrogen-bond acceptors (Lipinski definition) is 4. The van der Waals surface area contributed by atoms with E-state index in [1.54, 1.807) is 17.8 Å². The highest BCUT2D eigenvalue weighted by molar-refractivity contribution is 7.98. The summed E-state index contributed by atoms with van der Waals surface area (Å²) in [6.07, 6.45) is 0. The third kappa shape index (κ3) is 3.28. The minimum Gasteiger partial charge on any atom is -0.465 e. The average molecular weight is 309 g/mol. The number of benzene rings is 2. The SMILES string of the molecule is COC(=O)c1cccc(CSc2ccc3ccccc3n2)c1. The number of hydrogen-bond donors (Lipinski definition) is 0. The highest BCUT2D eigenvalue weighted by Gasteiger charge is 2.06. The van der Waals surface area contributed by atoms with Crippen LogP contribution in [0.1, 0.15) is 15.9 Å². The first-order valence-electron chi connectivity index (χ1n) is 6.92. The standard InChI is InChI=1S/C18H15NO2S/c1-21-18(20)15-7-4-5-13(11-15)12-22-17-10-9-14-6-2-3-8-16(14)19-17/h2-11H,12H2,1H3. The van der Waals surface area contributed by atoms with Crippen LogP contribution in [0.4, 0.5) is 0 Å². The van der Waals surface area contributed by atoms with Crippen LogP contribution in [-0.2, 0) is 10.5 Å². The zero-order valence-corrected chi connectivity index (χ0v) is 13.0. The van der Waals surface area contributed by atoms with Gasteiger partial charge < -0.3 is 4.74 Å². The van der Waals surface area contributed by atoms with Gasteiger partial charge in [-0.2, -0.15) is 0 Å². The number of esters is 1. The number of rotatable bonds is 4. The number of aromatic nitrogens is 1. The summed E-state index contributed by atoms with van der Waals surface area (Å²) in [7, 11) is 1.39. The molecule has 0 fully saturated rings. The summed E-state index contributed by atoms with van der Waals surface area (Å²) in [6.45, 7) is 0. The van der Waals surface area contributed by atoms with Crippen molar-refractivity contribution in [2.24, 2.45) is 0 Å². The van der Waals surface area contributed by atoms with E-state index in [2.05, 4.69) is 17.1 Å². The molecule has 3 nitrogen and oxygen atoms in total. The number of ether oxygens (including phenoxy) is 1. The third-order valence-corrected chi connectivity index (χ3v) is 4.31. The lowest BCUT2D eigenvalue weighted by Crippen LogP contribution is -2.01. The number of para-hydroxylation sites is 1. The van der Waals surface area contributed by atoms with Gasteiger partial charge >= 0.3 is 5.97 Å². The largest absolute Gasteiger partial charge is 0.465 e. The molecule has 110 valence electrons. The van der Waals surface area contributed by atoms with Gasteiger partial charge in [0.2, 0.25) is 0 Å². The molecule has 0 spiro atoms. The molecule has 0 radical (unpaired) electrons. The lowest BCUT2D eigenvalue weighted by molar-refractivity contribution is 0.0600. The van der Waals surface area contributed by atoms with Crippen molar-refractivity contribution in [1.29, 1.82) is 0 Å². The second kappa shape index (κ2) is 6.62. The Bertz CT molecular complexity index is 817. The van der Waals surface area contributed by atoms with Crippen LogP contribution in [0.25, 0.3) is 10.9 Å². The van der Waals surface area contributed by atoms with Crippen molar-refractivity contribution >= 4 is 28.6 Å². The molecule has 2 aromatic carbocycles. The summed E-state index contributed by atoms with van der Waals surface area (Å²) in [5.41, 5.74) is 2.64. The lowest BCUT2D eigenvalue weighted by atomic mass is 10.1. The maximum atomic E-state index is 11.5. The van der Waals surface area contributed by atoms with Crippen molar-refractivity contribution in [1.82, 2.24) is 4.98 Å². The second-order valence-corrected chi connectivity index (χ2v) is 5.82. The van der Waals surface area contributed by atoms with Crippen LogP contribution in [0.5, 0.6) is 0 Å². The van der Waals surface area contributed by atoms with Crippen LogP contribution in [0, 0.1) is 0 Å². The van der Waals surface area contributed by atoms with Crippen LogP contribution in [0.15, 0.2) is 65.7 Å². The van der Waals surface area contributed by atoms with E-state index in [0.29, 0.717) is 5.56 Å². The minimum atomic E-state index is -0.310. The van der Waals surface area contributed by atoms with Gasteiger partial charge in [0.1, 0.15) is 0 Å². The second-order valence-electron chi connectivity index (χ2n) is 4.82. The molecule has 0 saturated heterocycles. The molecule has 4 heteroatoms. The molecule has 22 heavy (non-hydrogen) atoms. The average Bonchev–Trinajstić information content (AvgIpc) is 2.59. The van der Waals surface area contributed by atoms with Gasteiger partial charge in [-0.05, 0) is 29.8 Å². The molecule has 0 unspecified atom stereocenters. The number of thioether (sulfide) groups is 1. The van der Waals surface area contributed by atoms with Crippen LogP contribution in [0.2, 0.25) is 0 Å². The van der Waals surface area contributed by atoms with E-state index >= 15 is 0 Å². The zero-order chi connectivity index (χ0) is 15.4. The first-order chi connectivity index (χ1) is 10.8. The Balaban J connectivity index is 1.75. The quantitative estimate of drug-likeness (QED) is 0.531. The van der Waals surface area contributed by atoms with E-state index in [0.717, 1.165) is 27.2 Å². The molecular weight excluding hydrogens is 294 g/mol. The highest BCUT2D eigenvalue weighted by Crippen LogP contribution is 2.24. The lowest BCUT2D eigenvalue weighted by Gasteiger charge is -2.05. The number of pyridine rings is 1. The van der Waals surface area contributed by atoms with Gasteiger partial charge in [0.15, 0.2) is 0 Å². The number of carbonyl (C=O) groups is 1. The summed E-state index contributed by atoms with van der Waals surface area (Å²) in [4.78, 5) is 16.2. The smallest absolute Gasteiger partial charge is 0.337 e. The van der Waals surface area contributed by atoms with Gasteiger partial charge in [-0.1, -0.05) is 36.4 Å². The van der Waals surface area contributed by atoms with Gasteiger partial charge in [-0.25, -0.2) is 9.78 Å². The fraction of sp³-hybridized carbons (Fsp3) is 0.111.